The lowest BCUT2D eigenvalue weighted by atomic mass is 10.2. The number of carbonyl (C=O) groups excluding carboxylic acids is 2. The minimum atomic E-state index is -0.227. The van der Waals surface area contributed by atoms with Crippen LogP contribution in [-0.4, -0.2) is 25.5 Å². The van der Waals surface area contributed by atoms with Crippen LogP contribution in [0, 0.1) is 0 Å². The molecule has 3 N–H and O–H groups in total. The minimum absolute atomic E-state index is 0.0526. The Labute approximate surface area is 203 Å². The zero-order valence-electron chi connectivity index (χ0n) is 19.2. The molecule has 0 unspecified atom stereocenters. The van der Waals surface area contributed by atoms with Crippen LogP contribution in [0.1, 0.15) is 10.4 Å². The van der Waals surface area contributed by atoms with Crippen LogP contribution in [0.2, 0.25) is 0 Å². The van der Waals surface area contributed by atoms with Crippen molar-refractivity contribution in [2.24, 2.45) is 0 Å². The number of hydrogen-bond donors (Lipinski definition) is 3. The van der Waals surface area contributed by atoms with Crippen molar-refractivity contribution in [3.05, 3.63) is 109 Å². The van der Waals surface area contributed by atoms with Gasteiger partial charge >= 0.3 is 0 Å². The second kappa shape index (κ2) is 11.4. The molecule has 176 valence electrons. The molecule has 2 amide bonds. The normalized spacial score (nSPS) is 10.2. The van der Waals surface area contributed by atoms with Crippen molar-refractivity contribution in [1.82, 2.24) is 0 Å². The van der Waals surface area contributed by atoms with Gasteiger partial charge in [0.15, 0.2) is 5.75 Å². The largest absolute Gasteiger partial charge is 0.497 e. The summed E-state index contributed by atoms with van der Waals surface area (Å²) in [7, 11) is 1.59. The summed E-state index contributed by atoms with van der Waals surface area (Å²) >= 11 is 0. The molecular weight excluding hydrogens is 442 g/mol. The fourth-order valence-corrected chi connectivity index (χ4v) is 3.27. The topological polar surface area (TPSA) is 88.7 Å². The molecule has 0 spiro atoms. The fourth-order valence-electron chi connectivity index (χ4n) is 3.27. The Hall–Kier alpha value is -4.78. The maximum absolute atomic E-state index is 12.5. The zero-order chi connectivity index (χ0) is 24.5. The molecule has 0 atom stereocenters. The van der Waals surface area contributed by atoms with Crippen LogP contribution in [-0.2, 0) is 4.79 Å². The highest BCUT2D eigenvalue weighted by Gasteiger charge is 2.10. The van der Waals surface area contributed by atoms with E-state index in [4.69, 9.17) is 9.47 Å². The molecule has 0 aliphatic carbocycles. The summed E-state index contributed by atoms with van der Waals surface area (Å²) in [6.45, 7) is 0.0526. The Bertz CT molecular complexity index is 1270. The maximum Gasteiger partial charge on any atom is 0.255 e. The predicted octanol–water partition coefficient (Wildman–Crippen LogP) is 5.79. The standard InChI is InChI=1S/C28H25N3O4/c1-34-23-17-15-22(16-18-23)30-28(33)20-11-13-21(14-12-20)29-19-27(32)31-25-9-5-6-10-26(25)35-24-7-3-2-4-8-24/h2-18,29H,19H2,1H3,(H,30,33)(H,31,32). The van der Waals surface area contributed by atoms with Crippen molar-refractivity contribution in [1.29, 1.82) is 0 Å². The van der Waals surface area contributed by atoms with E-state index in [1.165, 1.54) is 0 Å². The highest BCUT2D eigenvalue weighted by molar-refractivity contribution is 6.04. The molecule has 0 bridgehead atoms. The molecule has 0 fully saturated rings. The molecule has 7 nitrogen and oxygen atoms in total. The lowest BCUT2D eigenvalue weighted by Gasteiger charge is -2.13. The number of methoxy groups -OCH3 is 1. The number of ether oxygens (including phenoxy) is 2. The third-order valence-corrected chi connectivity index (χ3v) is 5.08. The van der Waals surface area contributed by atoms with Crippen molar-refractivity contribution in [2.45, 2.75) is 0 Å². The van der Waals surface area contributed by atoms with Crippen LogP contribution in [0.15, 0.2) is 103 Å². The number of benzene rings is 4. The molecular formula is C28H25N3O4. The molecule has 0 heterocycles. The molecule has 0 saturated carbocycles. The first-order valence-corrected chi connectivity index (χ1v) is 11.0. The van der Waals surface area contributed by atoms with Gasteiger partial charge in [-0.3, -0.25) is 9.59 Å². The average molecular weight is 468 g/mol. The van der Waals surface area contributed by atoms with E-state index >= 15 is 0 Å². The lowest BCUT2D eigenvalue weighted by molar-refractivity contribution is -0.114. The molecule has 0 saturated heterocycles. The van der Waals surface area contributed by atoms with Crippen molar-refractivity contribution >= 4 is 28.9 Å². The van der Waals surface area contributed by atoms with Gasteiger partial charge in [0.1, 0.15) is 11.5 Å². The molecule has 4 aromatic carbocycles. The highest BCUT2D eigenvalue weighted by atomic mass is 16.5. The van der Waals surface area contributed by atoms with E-state index < -0.39 is 0 Å². The van der Waals surface area contributed by atoms with Crippen LogP contribution >= 0.6 is 0 Å². The summed E-state index contributed by atoms with van der Waals surface area (Å²) in [4.78, 5) is 25.0. The minimum Gasteiger partial charge on any atom is -0.497 e. The molecule has 7 heteroatoms. The van der Waals surface area contributed by atoms with Gasteiger partial charge in [0.05, 0.1) is 19.3 Å². The Morgan fingerprint density at radius 1 is 0.686 bits per heavy atom. The summed E-state index contributed by atoms with van der Waals surface area (Å²) in [5, 5.41) is 8.77. The van der Waals surface area contributed by atoms with Crippen LogP contribution < -0.4 is 25.4 Å². The Kier molecular flexibility index (Phi) is 7.60. The van der Waals surface area contributed by atoms with Crippen molar-refractivity contribution < 1.29 is 19.1 Å². The smallest absolute Gasteiger partial charge is 0.255 e. The van der Waals surface area contributed by atoms with Crippen LogP contribution in [0.5, 0.6) is 17.2 Å². The molecule has 0 aliphatic heterocycles. The summed E-state index contributed by atoms with van der Waals surface area (Å²) in [6.07, 6.45) is 0. The molecule has 35 heavy (non-hydrogen) atoms. The van der Waals surface area contributed by atoms with Crippen LogP contribution in [0.4, 0.5) is 17.1 Å². The fraction of sp³-hybridized carbons (Fsp3) is 0.0714. The van der Waals surface area contributed by atoms with Crippen molar-refractivity contribution in [3.63, 3.8) is 0 Å². The van der Waals surface area contributed by atoms with Gasteiger partial charge in [-0.15, -0.1) is 0 Å². The van der Waals surface area contributed by atoms with E-state index in [-0.39, 0.29) is 18.4 Å². The van der Waals surface area contributed by atoms with Gasteiger partial charge < -0.3 is 25.4 Å². The van der Waals surface area contributed by atoms with Gasteiger partial charge in [-0.05, 0) is 72.8 Å². The van der Waals surface area contributed by atoms with Gasteiger partial charge in [0.2, 0.25) is 5.91 Å². The molecule has 4 aromatic rings. The molecule has 0 aromatic heterocycles. The number of rotatable bonds is 9. The van der Waals surface area contributed by atoms with Crippen molar-refractivity contribution in [3.8, 4) is 17.2 Å². The third kappa shape index (κ3) is 6.61. The monoisotopic (exact) mass is 467 g/mol. The van der Waals surface area contributed by atoms with Gasteiger partial charge in [-0.25, -0.2) is 0 Å². The first-order valence-electron chi connectivity index (χ1n) is 11.0. The highest BCUT2D eigenvalue weighted by Crippen LogP contribution is 2.29. The van der Waals surface area contributed by atoms with Crippen LogP contribution in [0.25, 0.3) is 0 Å². The number of anilines is 3. The van der Waals surface area contributed by atoms with E-state index in [0.717, 1.165) is 11.4 Å². The van der Waals surface area contributed by atoms with Crippen molar-refractivity contribution in [2.75, 3.05) is 29.6 Å². The Balaban J connectivity index is 1.30. The van der Waals surface area contributed by atoms with E-state index in [0.29, 0.717) is 28.4 Å². The number of nitrogens with one attached hydrogen (secondary N) is 3. The SMILES string of the molecule is COc1ccc(NC(=O)c2ccc(NCC(=O)Nc3ccccc3Oc3ccccc3)cc2)cc1. The number of para-hydroxylation sites is 3. The lowest BCUT2D eigenvalue weighted by Crippen LogP contribution is -2.22. The summed E-state index contributed by atoms with van der Waals surface area (Å²) < 4.78 is 11.0. The molecule has 0 radical (unpaired) electrons. The second-order valence-electron chi connectivity index (χ2n) is 7.57. The van der Waals surface area contributed by atoms with E-state index in [2.05, 4.69) is 16.0 Å². The average Bonchev–Trinajstić information content (AvgIpc) is 2.90. The third-order valence-electron chi connectivity index (χ3n) is 5.08. The van der Waals surface area contributed by atoms with E-state index in [9.17, 15) is 9.59 Å². The summed E-state index contributed by atoms with van der Waals surface area (Å²) in [5.74, 6) is 1.50. The predicted molar refractivity (Wildman–Crippen MR) is 137 cm³/mol. The first kappa shape index (κ1) is 23.4. The van der Waals surface area contributed by atoms with Crippen LogP contribution in [0.3, 0.4) is 0 Å². The van der Waals surface area contributed by atoms with Gasteiger partial charge in [0.25, 0.3) is 5.91 Å². The maximum atomic E-state index is 12.5. The van der Waals surface area contributed by atoms with Gasteiger partial charge in [0, 0.05) is 16.9 Å². The number of hydrogen-bond acceptors (Lipinski definition) is 5. The van der Waals surface area contributed by atoms with E-state index in [1.54, 1.807) is 67.8 Å². The summed E-state index contributed by atoms with van der Waals surface area (Å²) in [6, 6.07) is 30.6. The van der Waals surface area contributed by atoms with Gasteiger partial charge in [-0.1, -0.05) is 30.3 Å². The number of amides is 2. The quantitative estimate of drug-likeness (QED) is 0.290. The Morgan fingerprint density at radius 2 is 1.34 bits per heavy atom. The first-order chi connectivity index (χ1) is 17.1. The Morgan fingerprint density at radius 3 is 2.06 bits per heavy atom. The number of carbonyl (C=O) groups is 2. The second-order valence-corrected chi connectivity index (χ2v) is 7.57. The zero-order valence-corrected chi connectivity index (χ0v) is 19.2. The summed E-state index contributed by atoms with van der Waals surface area (Å²) in [5.41, 5.74) is 2.47. The molecule has 4 rings (SSSR count). The van der Waals surface area contributed by atoms with Gasteiger partial charge in [-0.2, -0.15) is 0 Å². The molecule has 0 aliphatic rings. The van der Waals surface area contributed by atoms with E-state index in [1.807, 2.05) is 42.5 Å².